The number of aromatic hydroxyl groups is 1. The molecular formula is C36H37ClN2O12. The van der Waals surface area contributed by atoms with E-state index in [1.807, 2.05) is 0 Å². The normalized spacial score (nSPS) is 19.2. The summed E-state index contributed by atoms with van der Waals surface area (Å²) in [6, 6.07) is 8.57. The van der Waals surface area contributed by atoms with Gasteiger partial charge in [-0.2, -0.15) is 0 Å². The number of Topliss-reactive ketones (excluding diaryl/α,β-unsaturated/α-hetero) is 2. The Kier molecular flexibility index (Phi) is 10.3. The zero-order chi connectivity index (χ0) is 37.4. The summed E-state index contributed by atoms with van der Waals surface area (Å²) in [6.45, 7) is 1.57. The number of aliphatic hydroxyl groups excluding tert-OH is 1. The van der Waals surface area contributed by atoms with E-state index in [1.165, 1.54) is 78.0 Å². The Hall–Kier alpha value is -5.63. The number of nitrogens with one attached hydrogen (secondary N) is 1. The lowest BCUT2D eigenvalue weighted by atomic mass is 9.69. The molecule has 15 heteroatoms. The summed E-state index contributed by atoms with van der Waals surface area (Å²) in [5.74, 6) is -5.29. The predicted octanol–water partition coefficient (Wildman–Crippen LogP) is 4.34. The number of benzene rings is 3. The highest BCUT2D eigenvalue weighted by Crippen LogP contribution is 2.56. The van der Waals surface area contributed by atoms with Crippen LogP contribution in [0.4, 0.5) is 0 Å². The number of nitrogens with two attached hydrogens (primary N) is 1. The molecule has 1 aliphatic heterocycles. The predicted molar refractivity (Wildman–Crippen MR) is 182 cm³/mol. The summed E-state index contributed by atoms with van der Waals surface area (Å²) >= 11 is 6.60. The van der Waals surface area contributed by atoms with Gasteiger partial charge >= 0.3 is 0 Å². The van der Waals surface area contributed by atoms with Crippen LogP contribution in [0.1, 0.15) is 53.2 Å². The number of carbonyl (C=O) groups is 4. The number of ketones is 2. The molecule has 0 saturated carbocycles. The van der Waals surface area contributed by atoms with Crippen LogP contribution in [0.2, 0.25) is 5.02 Å². The number of phenols is 1. The Morgan fingerprint density at radius 2 is 1.51 bits per heavy atom. The largest absolute Gasteiger partial charge is 0.508 e. The van der Waals surface area contributed by atoms with Gasteiger partial charge in [0.25, 0.3) is 0 Å². The van der Waals surface area contributed by atoms with Gasteiger partial charge in [0, 0.05) is 36.3 Å². The molecule has 0 fully saturated rings. The molecule has 0 saturated heterocycles. The lowest BCUT2D eigenvalue weighted by Gasteiger charge is -2.39. The van der Waals surface area contributed by atoms with Crippen molar-refractivity contribution in [3.8, 4) is 40.2 Å². The van der Waals surface area contributed by atoms with Gasteiger partial charge in [-0.1, -0.05) is 30.7 Å². The molecule has 0 aromatic heterocycles. The van der Waals surface area contributed by atoms with Gasteiger partial charge in [-0.15, -0.1) is 0 Å². The van der Waals surface area contributed by atoms with E-state index in [2.05, 4.69) is 5.32 Å². The monoisotopic (exact) mass is 724 g/mol. The summed E-state index contributed by atoms with van der Waals surface area (Å²) < 4.78 is 33.7. The zero-order valence-corrected chi connectivity index (χ0v) is 29.4. The highest BCUT2D eigenvalue weighted by Gasteiger charge is 2.61. The Bertz CT molecular complexity index is 1920. The topological polar surface area (TPSA) is 202 Å². The molecule has 1 aliphatic carbocycles. The number of halogens is 1. The van der Waals surface area contributed by atoms with Crippen molar-refractivity contribution in [1.82, 2.24) is 5.32 Å². The van der Waals surface area contributed by atoms with Crippen LogP contribution >= 0.6 is 11.6 Å². The lowest BCUT2D eigenvalue weighted by molar-refractivity contribution is -0.127. The fraction of sp³-hybridized carbons (Fsp3) is 0.333. The summed E-state index contributed by atoms with van der Waals surface area (Å²) in [5.41, 5.74) is 3.67. The van der Waals surface area contributed by atoms with Gasteiger partial charge in [0.05, 0.1) is 35.5 Å². The highest BCUT2D eigenvalue weighted by atomic mass is 35.5. The van der Waals surface area contributed by atoms with E-state index in [0.29, 0.717) is 0 Å². The van der Waals surface area contributed by atoms with Crippen LogP contribution < -0.4 is 39.5 Å². The van der Waals surface area contributed by atoms with E-state index in [9.17, 15) is 29.4 Å². The van der Waals surface area contributed by atoms with E-state index in [0.717, 1.165) is 0 Å². The number of carbonyl (C=O) groups excluding carboxylic acids is 4. The van der Waals surface area contributed by atoms with E-state index in [-0.39, 0.29) is 74.0 Å². The average Bonchev–Trinajstić information content (AvgIpc) is 3.43. The number of hydrogen-bond acceptors (Lipinski definition) is 12. The minimum Gasteiger partial charge on any atom is -0.508 e. The first-order chi connectivity index (χ1) is 24.3. The van der Waals surface area contributed by atoms with Crippen LogP contribution in [0.5, 0.6) is 40.2 Å². The molecule has 270 valence electrons. The molecule has 2 amide bonds. The van der Waals surface area contributed by atoms with Crippen molar-refractivity contribution < 1.29 is 57.8 Å². The molecule has 1 heterocycles. The van der Waals surface area contributed by atoms with Crippen LogP contribution in [-0.2, 0) is 14.4 Å². The molecule has 14 nitrogen and oxygen atoms in total. The van der Waals surface area contributed by atoms with Crippen molar-refractivity contribution in [3.63, 3.8) is 0 Å². The summed E-state index contributed by atoms with van der Waals surface area (Å²) in [5, 5.41) is 24.5. The van der Waals surface area contributed by atoms with Crippen LogP contribution in [0.3, 0.4) is 0 Å². The molecule has 0 radical (unpaired) electrons. The third-order valence-corrected chi connectivity index (χ3v) is 9.51. The first-order valence-electron chi connectivity index (χ1n) is 15.6. The van der Waals surface area contributed by atoms with E-state index in [1.54, 1.807) is 6.92 Å². The fourth-order valence-corrected chi connectivity index (χ4v) is 6.88. The second-order valence-electron chi connectivity index (χ2n) is 12.0. The zero-order valence-electron chi connectivity index (χ0n) is 28.6. The first-order valence-corrected chi connectivity index (χ1v) is 16.0. The highest BCUT2D eigenvalue weighted by molar-refractivity contribution is 6.35. The van der Waals surface area contributed by atoms with Crippen molar-refractivity contribution in [2.45, 2.75) is 37.3 Å². The molecule has 1 unspecified atom stereocenters. The number of hydrogen-bond donors (Lipinski definition) is 4. The van der Waals surface area contributed by atoms with Crippen LogP contribution in [0, 0.1) is 5.92 Å². The maximum atomic E-state index is 14.4. The molecular weight excluding hydrogens is 688 g/mol. The Labute approximate surface area is 298 Å². The quantitative estimate of drug-likeness (QED) is 0.206. The average molecular weight is 725 g/mol. The molecule has 3 aromatic carbocycles. The fourth-order valence-electron chi connectivity index (χ4n) is 6.62. The number of phenolic OH excluding ortho intramolecular Hbond substituents is 1. The number of methoxy groups -OCH3 is 5. The van der Waals surface area contributed by atoms with Gasteiger partial charge in [0.15, 0.2) is 28.8 Å². The standard InChI is InChI=1S/C36H37ClN2O12/c1-16-11-21(41)27(33(43)36(16)34(44)28-22(46-2)15-23(47-3)29(37)32(28)51-36)20(18-12-24(48-4)31(50-6)25(13-18)49-5)14-26(42)39-30(35(38)45)17-7-9-19(40)10-8-17/h7-10,12-13,15-16,20,30,40,43H,11,14H2,1-6H3,(H2,38,45)(H,39,42)/t16-,20?,30-,36+/m1/s1. The number of amides is 2. The number of fused-ring (bicyclic) bond motifs is 1. The van der Waals surface area contributed by atoms with Crippen molar-refractivity contribution in [2.75, 3.05) is 35.5 Å². The van der Waals surface area contributed by atoms with Gasteiger partial charge in [-0.3, -0.25) is 19.2 Å². The smallest absolute Gasteiger partial charge is 0.244 e. The van der Waals surface area contributed by atoms with Crippen LogP contribution in [0.25, 0.3) is 0 Å². The summed E-state index contributed by atoms with van der Waals surface area (Å²) in [6.07, 6.45) is -0.828. The number of allylic oxidation sites excluding steroid dienone is 1. The molecule has 1 spiro atoms. The lowest BCUT2D eigenvalue weighted by Crippen LogP contribution is -2.53. The minimum atomic E-state index is -2.15. The maximum Gasteiger partial charge on any atom is 0.244 e. The van der Waals surface area contributed by atoms with Gasteiger partial charge in [-0.05, 0) is 35.4 Å². The van der Waals surface area contributed by atoms with Crippen molar-refractivity contribution in [1.29, 1.82) is 0 Å². The second-order valence-corrected chi connectivity index (χ2v) is 12.3. The number of rotatable bonds is 12. The van der Waals surface area contributed by atoms with Crippen molar-refractivity contribution >= 4 is 35.0 Å². The van der Waals surface area contributed by atoms with E-state index < -0.39 is 59.0 Å². The van der Waals surface area contributed by atoms with Crippen molar-refractivity contribution in [3.05, 3.63) is 75.5 Å². The first kappa shape index (κ1) is 36.6. The second kappa shape index (κ2) is 14.3. The molecule has 0 bridgehead atoms. The van der Waals surface area contributed by atoms with Crippen LogP contribution in [-0.4, -0.2) is 74.7 Å². The maximum absolute atomic E-state index is 14.4. The number of primary amides is 1. The Morgan fingerprint density at radius 1 is 0.922 bits per heavy atom. The van der Waals surface area contributed by atoms with Gasteiger partial charge in [0.1, 0.15) is 33.9 Å². The summed E-state index contributed by atoms with van der Waals surface area (Å²) in [7, 11) is 6.87. The number of ether oxygens (including phenoxy) is 6. The number of aliphatic hydroxyl groups is 1. The summed E-state index contributed by atoms with van der Waals surface area (Å²) in [4.78, 5) is 54.9. The third kappa shape index (κ3) is 6.20. The van der Waals surface area contributed by atoms with Crippen LogP contribution in [0.15, 0.2) is 53.8 Å². The molecule has 51 heavy (non-hydrogen) atoms. The molecule has 3 aromatic rings. The SMILES string of the molecule is COc1cc(OC)c2c(c1Cl)O[C@]1(C2=O)C(O)=C(C(CC(=O)N[C@@H](C(N)=O)c2ccc(O)cc2)c2cc(OC)c(OC)c(OC)c2)C(=O)C[C@H]1C. The van der Waals surface area contributed by atoms with E-state index in [4.69, 9.17) is 45.8 Å². The molecule has 4 atom stereocenters. The molecule has 5 rings (SSSR count). The van der Waals surface area contributed by atoms with Crippen molar-refractivity contribution in [2.24, 2.45) is 11.7 Å². The molecule has 5 N–H and O–H groups in total. The van der Waals surface area contributed by atoms with Gasteiger partial charge < -0.3 is 49.7 Å². The molecule has 2 aliphatic rings. The third-order valence-electron chi connectivity index (χ3n) is 9.16. The van der Waals surface area contributed by atoms with Gasteiger partial charge in [-0.25, -0.2) is 0 Å². The minimum absolute atomic E-state index is 0.0516. The Morgan fingerprint density at radius 3 is 2.04 bits per heavy atom. The van der Waals surface area contributed by atoms with E-state index >= 15 is 0 Å². The van der Waals surface area contributed by atoms with Gasteiger partial charge in [0.2, 0.25) is 28.9 Å². The Balaban J connectivity index is 1.70.